The van der Waals surface area contributed by atoms with Crippen molar-refractivity contribution in [3.05, 3.63) is 42.0 Å². The van der Waals surface area contributed by atoms with Crippen molar-refractivity contribution in [1.29, 1.82) is 5.41 Å². The number of hydrogen-bond acceptors (Lipinski definition) is 2. The quantitative estimate of drug-likeness (QED) is 0.554. The second-order valence-corrected chi connectivity index (χ2v) is 7.26. The van der Waals surface area contributed by atoms with Crippen LogP contribution in [0.3, 0.4) is 0 Å². The fraction of sp³-hybridized carbons (Fsp3) is 0.476. The summed E-state index contributed by atoms with van der Waals surface area (Å²) in [6.07, 6.45) is 0. The summed E-state index contributed by atoms with van der Waals surface area (Å²) in [6, 6.07) is 12.3. The van der Waals surface area contributed by atoms with Gasteiger partial charge in [-0.05, 0) is 19.1 Å². The monoisotopic (exact) mass is 362 g/mol. The number of halogens is 1. The molecule has 25 heavy (non-hydrogen) atoms. The molecule has 0 atom stereocenters. The van der Waals surface area contributed by atoms with Gasteiger partial charge in [0.25, 0.3) is 0 Å². The van der Waals surface area contributed by atoms with Gasteiger partial charge in [-0.1, -0.05) is 52.0 Å². The average molecular weight is 363 g/mol. The lowest BCUT2D eigenvalue weighted by molar-refractivity contribution is -0.813. The zero-order valence-electron chi connectivity index (χ0n) is 16.0. The van der Waals surface area contributed by atoms with Crippen LogP contribution in [0.2, 0.25) is 0 Å². The molecule has 0 amide bonds. The first-order chi connectivity index (χ1) is 11.4. The molecule has 2 rings (SSSR count). The second-order valence-electron chi connectivity index (χ2n) is 7.26. The lowest BCUT2D eigenvalue weighted by Gasteiger charge is -2.24. The molecular formula is C21H31ClN2O. The van der Waals surface area contributed by atoms with Gasteiger partial charge < -0.3 is 17.1 Å². The minimum absolute atomic E-state index is 0. The van der Waals surface area contributed by atoms with Crippen LogP contribution >= 0.6 is 0 Å². The van der Waals surface area contributed by atoms with Gasteiger partial charge in [-0.3, -0.25) is 10.3 Å². The topological polar surface area (TPSA) is 37.5 Å². The molecule has 0 fully saturated rings. The highest BCUT2D eigenvalue weighted by Gasteiger charge is 2.22. The molecule has 2 N–H and O–H groups in total. The molecule has 0 radical (unpaired) electrons. The summed E-state index contributed by atoms with van der Waals surface area (Å²) in [6.45, 7) is 13.5. The smallest absolute Gasteiger partial charge is 0.226 e. The fourth-order valence-corrected chi connectivity index (χ4v) is 3.23. The Kier molecular flexibility index (Phi) is 8.40. The highest BCUT2D eigenvalue weighted by molar-refractivity contribution is 6.06. The van der Waals surface area contributed by atoms with Gasteiger partial charge in [0, 0.05) is 22.6 Å². The van der Waals surface area contributed by atoms with Crippen molar-refractivity contribution in [3.63, 3.8) is 0 Å². The van der Waals surface area contributed by atoms with Crippen molar-refractivity contribution in [1.82, 2.24) is 0 Å². The molecule has 0 aromatic heterocycles. The van der Waals surface area contributed by atoms with Gasteiger partial charge in [0.2, 0.25) is 5.84 Å². The van der Waals surface area contributed by atoms with Gasteiger partial charge in [-0.2, -0.15) is 0 Å². The molecule has 0 aliphatic carbocycles. The first-order valence-electron chi connectivity index (χ1n) is 9.02. The van der Waals surface area contributed by atoms with Crippen LogP contribution < -0.4 is 22.0 Å². The van der Waals surface area contributed by atoms with Crippen LogP contribution in [0.1, 0.15) is 40.2 Å². The molecule has 0 heterocycles. The Hall–Kier alpha value is -1.58. The molecule has 0 bridgehead atoms. The van der Waals surface area contributed by atoms with Crippen molar-refractivity contribution in [2.45, 2.75) is 34.6 Å². The van der Waals surface area contributed by atoms with E-state index < -0.39 is 0 Å². The number of ether oxygens (including phenoxy) is 1. The standard InChI is InChI=1S/C21H30N2O.ClH/c1-6-24-20-12-11-19(17-9-7-8-10-18(17)20)21(22)23(13-15(2)3)14-16(4)5;/h7-12,15-16,22H,6,13-14H2,1-5H3;1H. The minimum Gasteiger partial charge on any atom is -1.00 e. The first-order valence-corrected chi connectivity index (χ1v) is 9.02. The number of hydrogen-bond donors (Lipinski definition) is 2. The summed E-state index contributed by atoms with van der Waals surface area (Å²) < 4.78 is 5.77. The molecule has 4 heteroatoms. The normalized spacial score (nSPS) is 11.2. The second kappa shape index (κ2) is 9.79. The Balaban J connectivity index is 0.00000312. The number of rotatable bonds is 7. The molecule has 138 valence electrons. The van der Waals surface area contributed by atoms with Gasteiger partial charge in [-0.25, -0.2) is 0 Å². The number of amidine groups is 1. The molecule has 0 spiro atoms. The Morgan fingerprint density at radius 1 is 0.960 bits per heavy atom. The van der Waals surface area contributed by atoms with Gasteiger partial charge in [-0.15, -0.1) is 0 Å². The molecule has 0 saturated heterocycles. The highest BCUT2D eigenvalue weighted by Crippen LogP contribution is 2.28. The fourth-order valence-electron chi connectivity index (χ4n) is 3.23. The van der Waals surface area contributed by atoms with Crippen LogP contribution in [0.4, 0.5) is 0 Å². The number of fused-ring (bicyclic) bond motifs is 1. The zero-order chi connectivity index (χ0) is 17.7. The van der Waals surface area contributed by atoms with E-state index in [1.165, 1.54) is 4.90 Å². The van der Waals surface area contributed by atoms with Crippen molar-refractivity contribution in [2.24, 2.45) is 11.8 Å². The third-order valence-electron chi connectivity index (χ3n) is 4.12. The van der Waals surface area contributed by atoms with Crippen molar-refractivity contribution >= 4 is 16.6 Å². The predicted molar refractivity (Wildman–Crippen MR) is 102 cm³/mol. The number of nitrogens with one attached hydrogen (secondary N) is 2. The van der Waals surface area contributed by atoms with E-state index in [9.17, 15) is 0 Å². The van der Waals surface area contributed by atoms with Crippen molar-refractivity contribution < 1.29 is 22.0 Å². The maximum absolute atomic E-state index is 8.85. The Morgan fingerprint density at radius 3 is 2.04 bits per heavy atom. The van der Waals surface area contributed by atoms with E-state index in [-0.39, 0.29) is 12.4 Å². The van der Waals surface area contributed by atoms with Crippen molar-refractivity contribution in [2.75, 3.05) is 19.7 Å². The summed E-state index contributed by atoms with van der Waals surface area (Å²) in [5.41, 5.74) is 1.02. The molecule has 0 aliphatic heterocycles. The van der Waals surface area contributed by atoms with Gasteiger partial charge in [0.1, 0.15) is 5.75 Å². The van der Waals surface area contributed by atoms with E-state index in [1.54, 1.807) is 0 Å². The van der Waals surface area contributed by atoms with Crippen LogP contribution in [0.5, 0.6) is 5.75 Å². The summed E-state index contributed by atoms with van der Waals surface area (Å²) in [5, 5.41) is 11.1. The van der Waals surface area contributed by atoms with E-state index >= 15 is 0 Å². The molecule has 2 aromatic carbocycles. The van der Waals surface area contributed by atoms with Crippen LogP contribution in [-0.2, 0) is 0 Å². The summed E-state index contributed by atoms with van der Waals surface area (Å²) >= 11 is 0. The third-order valence-corrected chi connectivity index (χ3v) is 4.12. The Morgan fingerprint density at radius 2 is 1.52 bits per heavy atom. The van der Waals surface area contributed by atoms with Crippen LogP contribution in [0.25, 0.3) is 10.8 Å². The lowest BCUT2D eigenvalue weighted by Crippen LogP contribution is -3.15. The van der Waals surface area contributed by atoms with Crippen LogP contribution in [0.15, 0.2) is 36.4 Å². The lowest BCUT2D eigenvalue weighted by atomic mass is 10.0. The third kappa shape index (κ3) is 5.45. The predicted octanol–water partition coefficient (Wildman–Crippen LogP) is 0.765. The largest absolute Gasteiger partial charge is 1.00 e. The van der Waals surface area contributed by atoms with Gasteiger partial charge in [0.05, 0.1) is 25.3 Å². The van der Waals surface area contributed by atoms with Crippen LogP contribution in [-0.4, -0.2) is 25.5 Å². The first kappa shape index (κ1) is 21.5. The van der Waals surface area contributed by atoms with Gasteiger partial charge >= 0.3 is 0 Å². The maximum Gasteiger partial charge on any atom is 0.226 e. The van der Waals surface area contributed by atoms with E-state index in [0.717, 1.165) is 35.2 Å². The molecule has 2 aromatic rings. The molecular weight excluding hydrogens is 332 g/mol. The molecule has 0 unspecified atom stereocenters. The number of quaternary nitrogens is 1. The SMILES string of the molecule is CCOc1ccc(C(=N)[NH+](CC(C)C)CC(C)C)c2ccccc12.[Cl-]. The van der Waals surface area contributed by atoms with E-state index in [4.69, 9.17) is 10.1 Å². The minimum atomic E-state index is 0. The van der Waals surface area contributed by atoms with E-state index in [1.807, 2.05) is 25.1 Å². The highest BCUT2D eigenvalue weighted by atomic mass is 35.5. The van der Waals surface area contributed by atoms with Crippen molar-refractivity contribution in [3.8, 4) is 5.75 Å². The molecule has 0 saturated carbocycles. The summed E-state index contributed by atoms with van der Waals surface area (Å²) in [7, 11) is 0. The maximum atomic E-state index is 8.85. The summed E-state index contributed by atoms with van der Waals surface area (Å²) in [5.74, 6) is 2.72. The average Bonchev–Trinajstić information content (AvgIpc) is 2.53. The Labute approximate surface area is 158 Å². The Bertz CT molecular complexity index is 687. The van der Waals surface area contributed by atoms with Crippen LogP contribution in [0, 0.1) is 17.2 Å². The van der Waals surface area contributed by atoms with E-state index in [0.29, 0.717) is 24.3 Å². The molecule has 3 nitrogen and oxygen atoms in total. The van der Waals surface area contributed by atoms with E-state index in [2.05, 4.69) is 45.9 Å². The molecule has 0 aliphatic rings. The zero-order valence-corrected chi connectivity index (χ0v) is 16.8. The summed E-state index contributed by atoms with van der Waals surface area (Å²) in [4.78, 5) is 1.26. The number of benzene rings is 2. The van der Waals surface area contributed by atoms with Gasteiger partial charge in [0.15, 0.2) is 0 Å².